The quantitative estimate of drug-likeness (QED) is 0.627. The van der Waals surface area contributed by atoms with Gasteiger partial charge >= 0.3 is 0 Å². The lowest BCUT2D eigenvalue weighted by Gasteiger charge is -2.63. The average molecular weight is 271 g/mol. The van der Waals surface area contributed by atoms with Crippen LogP contribution in [0.2, 0.25) is 0 Å². The summed E-state index contributed by atoms with van der Waals surface area (Å²) >= 11 is 3.77. The summed E-state index contributed by atoms with van der Waals surface area (Å²) in [5, 5.41) is 1.25. The van der Waals surface area contributed by atoms with Crippen LogP contribution in [0.3, 0.4) is 0 Å². The highest BCUT2D eigenvalue weighted by atomic mass is 79.9. The third kappa shape index (κ3) is 1.25. The first kappa shape index (κ1) is 10.6. The van der Waals surface area contributed by atoms with Crippen molar-refractivity contribution in [2.45, 2.75) is 33.6 Å². The van der Waals surface area contributed by atoms with E-state index in [2.05, 4.69) is 36.7 Å². The van der Waals surface area contributed by atoms with E-state index in [0.29, 0.717) is 0 Å². The van der Waals surface area contributed by atoms with Crippen molar-refractivity contribution in [2.75, 3.05) is 5.33 Å². The predicted molar refractivity (Wildman–Crippen MR) is 68.0 cm³/mol. The molecule has 4 fully saturated rings. The van der Waals surface area contributed by atoms with Gasteiger partial charge in [0, 0.05) is 5.33 Å². The largest absolute Gasteiger partial charge is 0.0925 e. The van der Waals surface area contributed by atoms with Gasteiger partial charge in [0.05, 0.1) is 0 Å². The summed E-state index contributed by atoms with van der Waals surface area (Å²) in [6.07, 6.45) is 3.07. The minimum Gasteiger partial charge on any atom is -0.0925 e. The fourth-order valence-corrected chi connectivity index (χ4v) is 6.46. The van der Waals surface area contributed by atoms with Crippen molar-refractivity contribution >= 4 is 15.9 Å². The Labute approximate surface area is 102 Å². The molecule has 0 aromatic heterocycles. The molecule has 2 unspecified atom stereocenters. The molecular weight excluding hydrogens is 248 g/mol. The summed E-state index contributed by atoms with van der Waals surface area (Å²) in [6, 6.07) is 0. The lowest BCUT2D eigenvalue weighted by atomic mass is 9.42. The Morgan fingerprint density at radius 2 is 1.20 bits per heavy atom. The predicted octanol–water partition coefficient (Wildman–Crippen LogP) is 4.19. The fraction of sp³-hybridized carbons (Fsp3) is 1.00. The van der Waals surface area contributed by atoms with Crippen LogP contribution in [-0.2, 0) is 0 Å². The van der Waals surface area contributed by atoms with Crippen LogP contribution in [0.25, 0.3) is 0 Å². The molecule has 6 atom stereocenters. The van der Waals surface area contributed by atoms with E-state index in [4.69, 9.17) is 0 Å². The van der Waals surface area contributed by atoms with E-state index in [1.807, 2.05) is 0 Å². The van der Waals surface area contributed by atoms with E-state index in [1.165, 1.54) is 18.2 Å². The summed E-state index contributed by atoms with van der Waals surface area (Å²) in [5.74, 6) is 8.23. The van der Waals surface area contributed by atoms with Crippen molar-refractivity contribution in [2.24, 2.45) is 47.3 Å². The van der Waals surface area contributed by atoms with Gasteiger partial charge in [-0.25, -0.2) is 0 Å². The second kappa shape index (κ2) is 3.48. The van der Waals surface area contributed by atoms with Crippen LogP contribution in [0.5, 0.6) is 0 Å². The number of hydrogen-bond acceptors (Lipinski definition) is 0. The third-order valence-electron chi connectivity index (χ3n) is 6.42. The third-order valence-corrected chi connectivity index (χ3v) is 7.17. The molecule has 4 saturated carbocycles. The Morgan fingerprint density at radius 3 is 1.60 bits per heavy atom. The zero-order valence-electron chi connectivity index (χ0n) is 10.1. The Morgan fingerprint density at radius 1 is 0.800 bits per heavy atom. The van der Waals surface area contributed by atoms with E-state index in [9.17, 15) is 0 Å². The van der Waals surface area contributed by atoms with Gasteiger partial charge in [-0.1, -0.05) is 36.7 Å². The molecule has 0 aromatic rings. The van der Waals surface area contributed by atoms with Gasteiger partial charge in [0.15, 0.2) is 0 Å². The highest BCUT2D eigenvalue weighted by Crippen LogP contribution is 2.63. The van der Waals surface area contributed by atoms with Crippen LogP contribution in [0.15, 0.2) is 0 Å². The summed E-state index contributed by atoms with van der Waals surface area (Å²) in [6.45, 7) is 7.59. The molecule has 0 heterocycles. The maximum atomic E-state index is 3.77. The molecule has 4 rings (SSSR count). The molecule has 0 nitrogen and oxygen atoms in total. The first-order valence-electron chi connectivity index (χ1n) is 6.71. The van der Waals surface area contributed by atoms with Crippen LogP contribution in [0, 0.1) is 47.3 Å². The monoisotopic (exact) mass is 270 g/mol. The molecule has 0 N–H and O–H groups in total. The van der Waals surface area contributed by atoms with Crippen LogP contribution in [0.4, 0.5) is 0 Å². The summed E-state index contributed by atoms with van der Waals surface area (Å²) in [7, 11) is 0. The maximum Gasteiger partial charge on any atom is 0.00651 e. The van der Waals surface area contributed by atoms with Crippen molar-refractivity contribution in [1.82, 2.24) is 0 Å². The van der Waals surface area contributed by atoms with Crippen molar-refractivity contribution < 1.29 is 0 Å². The Hall–Kier alpha value is 0.480. The zero-order chi connectivity index (χ0) is 10.7. The lowest BCUT2D eigenvalue weighted by molar-refractivity contribution is -0.139. The first-order chi connectivity index (χ1) is 7.15. The summed E-state index contributed by atoms with van der Waals surface area (Å²) < 4.78 is 0. The van der Waals surface area contributed by atoms with Gasteiger partial charge in [0.1, 0.15) is 0 Å². The number of alkyl halides is 1. The molecule has 0 aromatic carbocycles. The van der Waals surface area contributed by atoms with Gasteiger partial charge in [-0.3, -0.25) is 0 Å². The second-order valence-corrected chi connectivity index (χ2v) is 7.17. The number of rotatable bonds is 1. The second-order valence-electron chi connectivity index (χ2n) is 6.52. The lowest BCUT2D eigenvalue weighted by Crippen LogP contribution is -2.57. The Bertz CT molecular complexity index is 238. The molecule has 0 radical (unpaired) electrons. The van der Waals surface area contributed by atoms with E-state index in [-0.39, 0.29) is 0 Å². The zero-order valence-corrected chi connectivity index (χ0v) is 11.7. The molecular formula is C14H23Br. The van der Waals surface area contributed by atoms with E-state index < -0.39 is 0 Å². The average Bonchev–Trinajstić information content (AvgIpc) is 2.22. The van der Waals surface area contributed by atoms with Gasteiger partial charge in [-0.15, -0.1) is 0 Å². The van der Waals surface area contributed by atoms with E-state index >= 15 is 0 Å². The molecule has 1 heteroatoms. The summed E-state index contributed by atoms with van der Waals surface area (Å²) in [5.41, 5.74) is 0. The van der Waals surface area contributed by atoms with Crippen molar-refractivity contribution in [3.05, 3.63) is 0 Å². The van der Waals surface area contributed by atoms with Crippen molar-refractivity contribution in [3.63, 3.8) is 0 Å². The standard InChI is InChI=1S/C14H23Br/c1-7-10-4-13-9(3)11(7)5-12(8(10)2)14(13)6-15/h7-14H,4-6H2,1-3H3/t7?,8?,9?,10-,11-,12+,13+,14?/m0/s1. The highest BCUT2D eigenvalue weighted by Gasteiger charge is 2.57. The fourth-order valence-electron chi connectivity index (χ4n) is 5.50. The van der Waals surface area contributed by atoms with Gasteiger partial charge in [-0.2, -0.15) is 0 Å². The smallest absolute Gasteiger partial charge is 0.00651 e. The molecule has 4 aliphatic rings. The van der Waals surface area contributed by atoms with Crippen molar-refractivity contribution in [1.29, 1.82) is 0 Å². The van der Waals surface area contributed by atoms with Crippen LogP contribution >= 0.6 is 15.9 Å². The topological polar surface area (TPSA) is 0 Å². The molecule has 15 heavy (non-hydrogen) atoms. The Balaban J connectivity index is 1.95. The number of hydrogen-bond donors (Lipinski definition) is 0. The minimum absolute atomic E-state index is 0.995. The number of halogens is 1. The molecule has 4 aliphatic carbocycles. The normalized spacial score (nSPS) is 62.4. The van der Waals surface area contributed by atoms with E-state index in [0.717, 1.165) is 47.3 Å². The van der Waals surface area contributed by atoms with E-state index in [1.54, 1.807) is 0 Å². The highest BCUT2D eigenvalue weighted by molar-refractivity contribution is 9.09. The molecule has 0 saturated heterocycles. The molecule has 0 amide bonds. The van der Waals surface area contributed by atoms with Crippen molar-refractivity contribution in [3.8, 4) is 0 Å². The van der Waals surface area contributed by atoms with Crippen LogP contribution < -0.4 is 0 Å². The summed E-state index contributed by atoms with van der Waals surface area (Å²) in [4.78, 5) is 0. The van der Waals surface area contributed by atoms with Gasteiger partial charge in [0.25, 0.3) is 0 Å². The van der Waals surface area contributed by atoms with Gasteiger partial charge in [-0.05, 0) is 60.2 Å². The van der Waals surface area contributed by atoms with Crippen LogP contribution in [0.1, 0.15) is 33.6 Å². The van der Waals surface area contributed by atoms with Gasteiger partial charge < -0.3 is 0 Å². The minimum atomic E-state index is 0.995. The first-order valence-corrected chi connectivity index (χ1v) is 7.83. The molecule has 0 aliphatic heterocycles. The molecule has 86 valence electrons. The SMILES string of the molecule is CC1[C@@H]2C[C@@H]3C(C)[C@H]1C[C@H](C2C)C3CBr. The molecule has 0 spiro atoms. The van der Waals surface area contributed by atoms with Gasteiger partial charge in [0.2, 0.25) is 0 Å². The molecule has 4 bridgehead atoms. The Kier molecular flexibility index (Phi) is 2.47. The van der Waals surface area contributed by atoms with Crippen LogP contribution in [-0.4, -0.2) is 5.33 Å². The maximum absolute atomic E-state index is 3.77.